The number of aromatic nitrogens is 2. The highest BCUT2D eigenvalue weighted by molar-refractivity contribution is 7.78. The summed E-state index contributed by atoms with van der Waals surface area (Å²) in [5, 5.41) is 0. The van der Waals surface area contributed by atoms with E-state index in [2.05, 4.69) is 17.8 Å². The molecule has 1 heterocycles. The van der Waals surface area contributed by atoms with Crippen molar-refractivity contribution in [2.75, 3.05) is 0 Å². The summed E-state index contributed by atoms with van der Waals surface area (Å²) in [4.78, 5) is 24.4. The van der Waals surface area contributed by atoms with Crippen LogP contribution in [0.2, 0.25) is 0 Å². The standard InChI is InChI=1S/C5H4N2O2S/c8-3-4-5(9)7(10)2-1-6-4/h1-3,10H. The Hall–Kier alpha value is -1.10. The smallest absolute Gasteiger partial charge is 0.289 e. The Morgan fingerprint density at radius 1 is 1.70 bits per heavy atom. The molecule has 0 saturated carbocycles. The lowest BCUT2D eigenvalue weighted by molar-refractivity contribution is 0.111. The van der Waals surface area contributed by atoms with Crippen LogP contribution >= 0.6 is 12.8 Å². The summed E-state index contributed by atoms with van der Waals surface area (Å²) < 4.78 is 0.997. The van der Waals surface area contributed by atoms with E-state index < -0.39 is 5.56 Å². The molecule has 0 aliphatic heterocycles. The van der Waals surface area contributed by atoms with E-state index in [1.807, 2.05) is 0 Å². The second-order valence-electron chi connectivity index (χ2n) is 1.58. The largest absolute Gasteiger partial charge is 0.296 e. The normalized spacial score (nSPS) is 9.30. The number of carbonyl (C=O) groups excluding carboxylic acids is 1. The molecule has 4 nitrogen and oxygen atoms in total. The topological polar surface area (TPSA) is 52.0 Å². The molecule has 0 fully saturated rings. The minimum Gasteiger partial charge on any atom is -0.296 e. The number of hydrogen-bond donors (Lipinski definition) is 1. The summed E-state index contributed by atoms with van der Waals surface area (Å²) in [7, 11) is 0. The van der Waals surface area contributed by atoms with E-state index >= 15 is 0 Å². The fourth-order valence-corrected chi connectivity index (χ4v) is 0.660. The van der Waals surface area contributed by atoms with Crippen LogP contribution in [0.5, 0.6) is 0 Å². The highest BCUT2D eigenvalue weighted by atomic mass is 32.1. The summed E-state index contributed by atoms with van der Waals surface area (Å²) in [5.41, 5.74) is -0.627. The molecule has 0 radical (unpaired) electrons. The Morgan fingerprint density at radius 3 is 2.90 bits per heavy atom. The van der Waals surface area contributed by atoms with Gasteiger partial charge in [0.25, 0.3) is 5.56 Å². The second kappa shape index (κ2) is 2.66. The van der Waals surface area contributed by atoms with Gasteiger partial charge in [0.15, 0.2) is 12.0 Å². The quantitative estimate of drug-likeness (QED) is 0.450. The zero-order valence-corrected chi connectivity index (χ0v) is 5.78. The zero-order chi connectivity index (χ0) is 7.56. The number of hydrogen-bond acceptors (Lipinski definition) is 4. The summed E-state index contributed by atoms with van der Waals surface area (Å²) in [6, 6.07) is 0. The van der Waals surface area contributed by atoms with Crippen LogP contribution in [0.4, 0.5) is 0 Å². The van der Waals surface area contributed by atoms with Gasteiger partial charge in [-0.2, -0.15) is 0 Å². The molecule has 5 heteroatoms. The SMILES string of the molecule is O=Cc1nccn(S)c1=O. The Labute approximate surface area is 62.1 Å². The Balaban J connectivity index is 3.42. The van der Waals surface area contributed by atoms with Crippen molar-refractivity contribution in [2.24, 2.45) is 0 Å². The summed E-state index contributed by atoms with van der Waals surface area (Å²) >= 11 is 3.73. The average Bonchev–Trinajstić information content (AvgIpc) is 1.95. The van der Waals surface area contributed by atoms with E-state index in [4.69, 9.17) is 0 Å². The Morgan fingerprint density at radius 2 is 2.40 bits per heavy atom. The molecule has 1 aromatic rings. The number of nitrogens with zero attached hydrogens (tertiary/aromatic N) is 2. The summed E-state index contributed by atoms with van der Waals surface area (Å²) in [6.07, 6.45) is 3.09. The predicted octanol–water partition coefficient (Wildman–Crippen LogP) is -0.251. The van der Waals surface area contributed by atoms with Crippen molar-refractivity contribution >= 4 is 19.1 Å². The van der Waals surface area contributed by atoms with Crippen molar-refractivity contribution in [1.29, 1.82) is 0 Å². The molecule has 52 valence electrons. The van der Waals surface area contributed by atoms with Crippen LogP contribution in [0.15, 0.2) is 17.2 Å². The van der Waals surface area contributed by atoms with Crippen LogP contribution in [0.3, 0.4) is 0 Å². The van der Waals surface area contributed by atoms with E-state index in [-0.39, 0.29) is 5.69 Å². The molecule has 0 amide bonds. The first-order chi connectivity index (χ1) is 4.75. The van der Waals surface area contributed by atoms with E-state index in [0.29, 0.717) is 6.29 Å². The van der Waals surface area contributed by atoms with Crippen molar-refractivity contribution in [1.82, 2.24) is 8.96 Å². The van der Waals surface area contributed by atoms with Gasteiger partial charge in [0, 0.05) is 12.4 Å². The fraction of sp³-hybridized carbons (Fsp3) is 0. The van der Waals surface area contributed by atoms with Crippen molar-refractivity contribution < 1.29 is 4.79 Å². The Kier molecular flexibility index (Phi) is 1.86. The molecule has 0 spiro atoms. The first-order valence-corrected chi connectivity index (χ1v) is 2.88. The third-order valence-corrected chi connectivity index (χ3v) is 1.28. The fourth-order valence-electron chi connectivity index (χ4n) is 0.498. The number of carbonyl (C=O) groups is 1. The molecule has 0 aromatic carbocycles. The van der Waals surface area contributed by atoms with Crippen LogP contribution in [0, 0.1) is 0 Å². The van der Waals surface area contributed by atoms with E-state index in [0.717, 1.165) is 3.97 Å². The van der Waals surface area contributed by atoms with Gasteiger partial charge in [0.2, 0.25) is 0 Å². The van der Waals surface area contributed by atoms with Crippen molar-refractivity contribution in [3.63, 3.8) is 0 Å². The van der Waals surface area contributed by atoms with E-state index in [9.17, 15) is 9.59 Å². The van der Waals surface area contributed by atoms with E-state index in [1.165, 1.54) is 12.4 Å². The first-order valence-electron chi connectivity index (χ1n) is 2.48. The van der Waals surface area contributed by atoms with Gasteiger partial charge in [-0.05, 0) is 0 Å². The summed E-state index contributed by atoms with van der Waals surface area (Å²) in [5.74, 6) is 0. The van der Waals surface area contributed by atoms with Gasteiger partial charge < -0.3 is 0 Å². The van der Waals surface area contributed by atoms with Gasteiger partial charge in [-0.3, -0.25) is 13.6 Å². The van der Waals surface area contributed by atoms with Crippen LogP contribution in [-0.4, -0.2) is 15.2 Å². The van der Waals surface area contributed by atoms with Crippen LogP contribution < -0.4 is 5.56 Å². The lowest BCUT2D eigenvalue weighted by atomic mass is 10.5. The lowest BCUT2D eigenvalue weighted by Crippen LogP contribution is -2.18. The molecule has 0 aliphatic carbocycles. The Bertz CT molecular complexity index is 307. The molecule has 1 aromatic heterocycles. The molecule has 0 aliphatic rings. The lowest BCUT2D eigenvalue weighted by Gasteiger charge is -1.91. The third-order valence-electron chi connectivity index (χ3n) is 0.960. The van der Waals surface area contributed by atoms with Gasteiger partial charge in [-0.25, -0.2) is 4.98 Å². The molecule has 1 rings (SSSR count). The van der Waals surface area contributed by atoms with Crippen molar-refractivity contribution in [3.8, 4) is 0 Å². The molecule has 0 unspecified atom stereocenters. The molecular formula is C5H4N2O2S. The predicted molar refractivity (Wildman–Crippen MR) is 38.3 cm³/mol. The third kappa shape index (κ3) is 1.08. The first kappa shape index (κ1) is 7.01. The van der Waals surface area contributed by atoms with Gasteiger partial charge >= 0.3 is 0 Å². The van der Waals surface area contributed by atoms with Gasteiger partial charge in [0.1, 0.15) is 0 Å². The highest BCUT2D eigenvalue weighted by Crippen LogP contribution is 1.82. The molecular weight excluding hydrogens is 152 g/mol. The van der Waals surface area contributed by atoms with Crippen LogP contribution in [-0.2, 0) is 0 Å². The molecule has 0 saturated heterocycles. The zero-order valence-electron chi connectivity index (χ0n) is 4.89. The molecule has 0 bridgehead atoms. The maximum absolute atomic E-state index is 10.8. The van der Waals surface area contributed by atoms with Crippen molar-refractivity contribution in [2.45, 2.75) is 0 Å². The monoisotopic (exact) mass is 156 g/mol. The number of aldehydes is 1. The summed E-state index contributed by atoms with van der Waals surface area (Å²) in [6.45, 7) is 0. The molecule has 0 atom stereocenters. The van der Waals surface area contributed by atoms with E-state index in [1.54, 1.807) is 0 Å². The van der Waals surface area contributed by atoms with Gasteiger partial charge in [0.05, 0.1) is 0 Å². The number of rotatable bonds is 1. The highest BCUT2D eigenvalue weighted by Gasteiger charge is 1.98. The van der Waals surface area contributed by atoms with Crippen LogP contribution in [0.25, 0.3) is 0 Å². The maximum Gasteiger partial charge on any atom is 0.289 e. The second-order valence-corrected chi connectivity index (χ2v) is 2.01. The minimum atomic E-state index is -0.499. The number of thiol groups is 1. The van der Waals surface area contributed by atoms with Crippen molar-refractivity contribution in [3.05, 3.63) is 28.4 Å². The minimum absolute atomic E-state index is 0.127. The van der Waals surface area contributed by atoms with Gasteiger partial charge in [-0.1, -0.05) is 12.8 Å². The van der Waals surface area contributed by atoms with Crippen LogP contribution in [0.1, 0.15) is 10.5 Å². The average molecular weight is 156 g/mol. The maximum atomic E-state index is 10.8. The molecule has 0 N–H and O–H groups in total. The molecule has 10 heavy (non-hydrogen) atoms. The van der Waals surface area contributed by atoms with Gasteiger partial charge in [-0.15, -0.1) is 0 Å².